The number of imide groups is 1. The fourth-order valence-electron chi connectivity index (χ4n) is 3.78. The minimum atomic E-state index is -1.06. The number of anilines is 1. The van der Waals surface area contributed by atoms with Gasteiger partial charge in [0.25, 0.3) is 17.5 Å². The Labute approximate surface area is 213 Å². The summed E-state index contributed by atoms with van der Waals surface area (Å²) in [5.41, 5.74) is 0.751. The van der Waals surface area contributed by atoms with Crippen LogP contribution in [0.25, 0.3) is 0 Å². The maximum absolute atomic E-state index is 13.5. The highest BCUT2D eigenvalue weighted by atomic mass is 127. The van der Waals surface area contributed by atoms with Gasteiger partial charge in [-0.1, -0.05) is 41.9 Å². The second kappa shape index (κ2) is 9.90. The van der Waals surface area contributed by atoms with E-state index in [0.717, 1.165) is 20.1 Å². The maximum atomic E-state index is 13.5. The molecule has 3 aromatic rings. The SMILES string of the molecule is O=C1CC(N(Cc2ccccc2)C(=O)c2ccc(Cl)c([N+](=O)[O-])c2)C(=O)N1c1ccc(I)cc1. The van der Waals surface area contributed by atoms with Gasteiger partial charge in [-0.25, -0.2) is 4.90 Å². The number of nitro benzene ring substituents is 1. The molecule has 34 heavy (non-hydrogen) atoms. The third kappa shape index (κ3) is 4.80. The van der Waals surface area contributed by atoms with Crippen molar-refractivity contribution >= 4 is 63.3 Å². The summed E-state index contributed by atoms with van der Waals surface area (Å²) in [6.45, 7) is 0.0420. The number of carbonyl (C=O) groups is 3. The fraction of sp³-hybridized carbons (Fsp3) is 0.125. The van der Waals surface area contributed by atoms with Crippen LogP contribution >= 0.6 is 34.2 Å². The Kier molecular flexibility index (Phi) is 6.94. The molecule has 0 radical (unpaired) electrons. The Balaban J connectivity index is 1.72. The molecule has 0 saturated carbocycles. The van der Waals surface area contributed by atoms with Crippen molar-refractivity contribution in [2.75, 3.05) is 4.90 Å². The highest BCUT2D eigenvalue weighted by molar-refractivity contribution is 14.1. The number of amides is 3. The van der Waals surface area contributed by atoms with Crippen LogP contribution in [0, 0.1) is 13.7 Å². The summed E-state index contributed by atoms with van der Waals surface area (Å²) in [5.74, 6) is -1.57. The van der Waals surface area contributed by atoms with E-state index in [1.807, 2.05) is 6.07 Å². The molecule has 0 N–H and O–H groups in total. The molecule has 0 aliphatic carbocycles. The normalized spacial score (nSPS) is 15.5. The molecule has 8 nitrogen and oxygen atoms in total. The van der Waals surface area contributed by atoms with Crippen LogP contribution < -0.4 is 4.90 Å². The highest BCUT2D eigenvalue weighted by Crippen LogP contribution is 2.30. The van der Waals surface area contributed by atoms with E-state index in [1.54, 1.807) is 48.5 Å². The first kappa shape index (κ1) is 23.8. The van der Waals surface area contributed by atoms with Crippen molar-refractivity contribution in [3.63, 3.8) is 0 Å². The topological polar surface area (TPSA) is 101 Å². The van der Waals surface area contributed by atoms with Crippen LogP contribution in [0.3, 0.4) is 0 Å². The first-order valence-corrected chi connectivity index (χ1v) is 11.6. The predicted octanol–water partition coefficient (Wildman–Crippen LogP) is 4.83. The van der Waals surface area contributed by atoms with Gasteiger partial charge in [0.1, 0.15) is 11.1 Å². The first-order valence-electron chi connectivity index (χ1n) is 10.2. The van der Waals surface area contributed by atoms with Crippen molar-refractivity contribution in [2.45, 2.75) is 19.0 Å². The van der Waals surface area contributed by atoms with E-state index >= 15 is 0 Å². The van der Waals surface area contributed by atoms with Gasteiger partial charge in [0.15, 0.2) is 0 Å². The van der Waals surface area contributed by atoms with Gasteiger partial charge in [-0.05, 0) is 64.6 Å². The Morgan fingerprint density at radius 2 is 1.76 bits per heavy atom. The molecule has 1 aliphatic rings. The molecule has 172 valence electrons. The minimum Gasteiger partial charge on any atom is -0.322 e. The van der Waals surface area contributed by atoms with E-state index in [0.29, 0.717) is 5.69 Å². The number of nitrogens with zero attached hydrogens (tertiary/aromatic N) is 3. The second-order valence-electron chi connectivity index (χ2n) is 7.61. The lowest BCUT2D eigenvalue weighted by Crippen LogP contribution is -2.45. The third-order valence-corrected chi connectivity index (χ3v) is 6.47. The second-order valence-corrected chi connectivity index (χ2v) is 9.26. The molecule has 1 aliphatic heterocycles. The summed E-state index contributed by atoms with van der Waals surface area (Å²) in [6, 6.07) is 18.6. The number of carbonyl (C=O) groups excluding carboxylic acids is 3. The summed E-state index contributed by atoms with van der Waals surface area (Å²) in [6.07, 6.45) is -0.195. The van der Waals surface area contributed by atoms with Crippen LogP contribution in [0.2, 0.25) is 5.02 Å². The molecule has 1 fully saturated rings. The molecule has 4 rings (SSSR count). The van der Waals surface area contributed by atoms with Crippen LogP contribution in [-0.4, -0.2) is 33.6 Å². The lowest BCUT2D eigenvalue weighted by atomic mass is 10.1. The zero-order chi connectivity index (χ0) is 24.4. The van der Waals surface area contributed by atoms with Crippen LogP contribution in [0.4, 0.5) is 11.4 Å². The summed E-state index contributed by atoms with van der Waals surface area (Å²) >= 11 is 8.02. The van der Waals surface area contributed by atoms with Crippen molar-refractivity contribution in [1.82, 2.24) is 4.90 Å². The molecular formula is C24H17ClIN3O5. The van der Waals surface area contributed by atoms with Crippen LogP contribution in [-0.2, 0) is 16.1 Å². The van der Waals surface area contributed by atoms with Gasteiger partial charge < -0.3 is 4.90 Å². The van der Waals surface area contributed by atoms with Gasteiger partial charge >= 0.3 is 0 Å². The van der Waals surface area contributed by atoms with E-state index in [1.165, 1.54) is 17.0 Å². The van der Waals surface area contributed by atoms with Gasteiger partial charge in [-0.3, -0.25) is 24.5 Å². The number of nitro groups is 1. The van der Waals surface area contributed by atoms with Crippen molar-refractivity contribution < 1.29 is 19.3 Å². The number of rotatable bonds is 6. The monoisotopic (exact) mass is 589 g/mol. The Morgan fingerprint density at radius 1 is 1.09 bits per heavy atom. The van der Waals surface area contributed by atoms with Gasteiger partial charge in [-0.15, -0.1) is 0 Å². The number of halogens is 2. The number of hydrogen-bond acceptors (Lipinski definition) is 5. The van der Waals surface area contributed by atoms with E-state index in [2.05, 4.69) is 22.6 Å². The molecule has 1 heterocycles. The Bertz CT molecular complexity index is 1280. The summed E-state index contributed by atoms with van der Waals surface area (Å²) in [4.78, 5) is 52.8. The molecule has 1 unspecified atom stereocenters. The van der Waals surface area contributed by atoms with Gasteiger partial charge in [0.05, 0.1) is 17.0 Å². The Hall–Kier alpha value is -3.31. The van der Waals surface area contributed by atoms with Crippen molar-refractivity contribution in [2.24, 2.45) is 0 Å². The zero-order valence-corrected chi connectivity index (χ0v) is 20.5. The van der Waals surface area contributed by atoms with Crippen LogP contribution in [0.5, 0.6) is 0 Å². The molecule has 0 spiro atoms. The van der Waals surface area contributed by atoms with Crippen molar-refractivity contribution in [3.05, 3.63) is 103 Å². The van der Waals surface area contributed by atoms with E-state index in [4.69, 9.17) is 11.6 Å². The number of benzene rings is 3. The maximum Gasteiger partial charge on any atom is 0.288 e. The molecule has 0 aromatic heterocycles. The zero-order valence-electron chi connectivity index (χ0n) is 17.6. The molecule has 0 bridgehead atoms. The van der Waals surface area contributed by atoms with Crippen LogP contribution in [0.1, 0.15) is 22.3 Å². The summed E-state index contributed by atoms with van der Waals surface area (Å²) < 4.78 is 0.946. The van der Waals surface area contributed by atoms with Crippen molar-refractivity contribution in [1.29, 1.82) is 0 Å². The number of hydrogen-bond donors (Lipinski definition) is 0. The molecular weight excluding hydrogens is 573 g/mol. The molecule has 1 saturated heterocycles. The van der Waals surface area contributed by atoms with E-state index in [-0.39, 0.29) is 23.6 Å². The Morgan fingerprint density at radius 3 is 2.41 bits per heavy atom. The minimum absolute atomic E-state index is 0.00000469. The summed E-state index contributed by atoms with van der Waals surface area (Å²) in [7, 11) is 0. The van der Waals surface area contributed by atoms with Crippen LogP contribution in [0.15, 0.2) is 72.8 Å². The smallest absolute Gasteiger partial charge is 0.288 e. The molecule has 1 atom stereocenters. The van der Waals surface area contributed by atoms with Crippen molar-refractivity contribution in [3.8, 4) is 0 Å². The highest BCUT2D eigenvalue weighted by Gasteiger charge is 2.44. The first-order chi connectivity index (χ1) is 16.3. The van der Waals surface area contributed by atoms with E-state index in [9.17, 15) is 24.5 Å². The quantitative estimate of drug-likeness (QED) is 0.178. The lowest BCUT2D eigenvalue weighted by Gasteiger charge is -2.28. The van der Waals surface area contributed by atoms with Gasteiger partial charge in [0.2, 0.25) is 5.91 Å². The fourth-order valence-corrected chi connectivity index (χ4v) is 4.32. The summed E-state index contributed by atoms with van der Waals surface area (Å²) in [5, 5.41) is 11.2. The molecule has 3 aromatic carbocycles. The van der Waals surface area contributed by atoms with Gasteiger partial charge in [-0.2, -0.15) is 0 Å². The predicted molar refractivity (Wildman–Crippen MR) is 134 cm³/mol. The van der Waals surface area contributed by atoms with E-state index < -0.39 is 34.4 Å². The third-order valence-electron chi connectivity index (χ3n) is 5.43. The van der Waals surface area contributed by atoms with Gasteiger partial charge in [0, 0.05) is 21.7 Å². The average molecular weight is 590 g/mol. The molecule has 3 amide bonds. The largest absolute Gasteiger partial charge is 0.322 e. The molecule has 10 heteroatoms. The average Bonchev–Trinajstić information content (AvgIpc) is 3.12. The standard InChI is InChI=1S/C24H17ClIN3O5/c25-19-11-6-16(12-20(19)29(33)34)23(31)27(14-15-4-2-1-3-5-15)21-13-22(30)28(24(21)32)18-9-7-17(26)8-10-18/h1-12,21H,13-14H2. The lowest BCUT2D eigenvalue weighted by molar-refractivity contribution is -0.384.